The molecule has 0 aromatic heterocycles. The first-order chi connectivity index (χ1) is 7.93. The normalized spacial score (nSPS) is 9.56. The minimum absolute atomic E-state index is 1.11. The number of hydrogen-bond donors (Lipinski definition) is 0. The molecule has 0 saturated carbocycles. The van der Waals surface area contributed by atoms with Gasteiger partial charge in [-0.25, -0.2) is 0 Å². The molecule has 0 heterocycles. The van der Waals surface area contributed by atoms with Gasteiger partial charge in [0, 0.05) is 0 Å². The maximum absolute atomic E-state index is 2.16. The van der Waals surface area contributed by atoms with Gasteiger partial charge in [-0.3, -0.25) is 0 Å². The van der Waals surface area contributed by atoms with E-state index in [1.807, 2.05) is 42.5 Å². The summed E-state index contributed by atoms with van der Waals surface area (Å²) in [6.07, 6.45) is 5.41. The Bertz CT molecular complexity index is 347. The molecule has 0 atom stereocenters. The molecule has 82 valence electrons. The average Bonchev–Trinajstić information content (AvgIpc) is 2.40. The molecular weight excluding hydrogens is 192 g/mol. The van der Waals surface area contributed by atoms with Crippen molar-refractivity contribution in [1.29, 1.82) is 0 Å². The third-order valence-electron chi connectivity index (χ3n) is 2.01. The van der Waals surface area contributed by atoms with Crippen LogP contribution in [0.15, 0.2) is 72.8 Å². The Kier molecular flexibility index (Phi) is 6.50. The zero-order valence-corrected chi connectivity index (χ0v) is 9.71. The summed E-state index contributed by atoms with van der Waals surface area (Å²) in [5.41, 5.74) is 1.28. The van der Waals surface area contributed by atoms with Crippen molar-refractivity contribution >= 4 is 6.08 Å². The van der Waals surface area contributed by atoms with Crippen LogP contribution in [0, 0.1) is 0 Å². The van der Waals surface area contributed by atoms with Crippen molar-refractivity contribution < 1.29 is 0 Å². The molecular formula is C16H18. The molecule has 0 radical (unpaired) electrons. The van der Waals surface area contributed by atoms with Crippen LogP contribution in [0.1, 0.15) is 18.9 Å². The van der Waals surface area contributed by atoms with Gasteiger partial charge in [-0.1, -0.05) is 85.8 Å². The van der Waals surface area contributed by atoms with E-state index in [9.17, 15) is 0 Å². The Morgan fingerprint density at radius 2 is 1.19 bits per heavy atom. The van der Waals surface area contributed by atoms with Gasteiger partial charge in [0.2, 0.25) is 0 Å². The van der Waals surface area contributed by atoms with Gasteiger partial charge in [0.25, 0.3) is 0 Å². The summed E-state index contributed by atoms with van der Waals surface area (Å²) in [6, 6.07) is 22.3. The molecule has 0 N–H and O–H groups in total. The number of hydrogen-bond acceptors (Lipinski definition) is 0. The van der Waals surface area contributed by atoms with Crippen LogP contribution < -0.4 is 0 Å². The second kappa shape index (κ2) is 8.49. The molecule has 0 heteroatoms. The van der Waals surface area contributed by atoms with Crippen molar-refractivity contribution in [3.63, 3.8) is 0 Å². The van der Waals surface area contributed by atoms with Crippen LogP contribution in [-0.4, -0.2) is 0 Å². The highest BCUT2D eigenvalue weighted by Crippen LogP contribution is 2.00. The minimum Gasteiger partial charge on any atom is -0.0842 e. The average molecular weight is 210 g/mol. The molecule has 0 fully saturated rings. The first kappa shape index (κ1) is 12.3. The summed E-state index contributed by atoms with van der Waals surface area (Å²) in [6.45, 7) is 2.14. The zero-order valence-electron chi connectivity index (χ0n) is 9.71. The molecule has 0 aliphatic heterocycles. The summed E-state index contributed by atoms with van der Waals surface area (Å²) in [4.78, 5) is 0. The zero-order chi connectivity index (χ0) is 11.5. The van der Waals surface area contributed by atoms with Crippen LogP contribution in [0.2, 0.25) is 0 Å². The van der Waals surface area contributed by atoms with Crippen molar-refractivity contribution in [2.45, 2.75) is 13.3 Å². The summed E-state index contributed by atoms with van der Waals surface area (Å²) >= 11 is 0. The molecule has 0 saturated heterocycles. The van der Waals surface area contributed by atoms with Gasteiger partial charge < -0.3 is 0 Å². The maximum Gasteiger partial charge on any atom is -0.0260 e. The van der Waals surface area contributed by atoms with Crippen molar-refractivity contribution in [3.05, 3.63) is 78.4 Å². The lowest BCUT2D eigenvalue weighted by Gasteiger charge is -1.88. The SMILES string of the molecule is CCC=Cc1ccccc1.c1ccccc1. The van der Waals surface area contributed by atoms with Gasteiger partial charge in [-0.15, -0.1) is 0 Å². The van der Waals surface area contributed by atoms with Crippen LogP contribution in [0.25, 0.3) is 6.08 Å². The highest BCUT2D eigenvalue weighted by Gasteiger charge is 1.79. The summed E-state index contributed by atoms with van der Waals surface area (Å²) in [5.74, 6) is 0. The molecule has 2 aromatic carbocycles. The number of benzene rings is 2. The molecule has 0 spiro atoms. The van der Waals surface area contributed by atoms with E-state index in [1.165, 1.54) is 5.56 Å². The van der Waals surface area contributed by atoms with E-state index in [0.29, 0.717) is 0 Å². The van der Waals surface area contributed by atoms with E-state index in [4.69, 9.17) is 0 Å². The van der Waals surface area contributed by atoms with Crippen LogP contribution >= 0.6 is 0 Å². The Morgan fingerprint density at radius 3 is 1.62 bits per heavy atom. The summed E-state index contributed by atoms with van der Waals surface area (Å²) in [5, 5.41) is 0. The first-order valence-corrected chi connectivity index (χ1v) is 5.65. The second-order valence-corrected chi connectivity index (χ2v) is 3.38. The highest BCUT2D eigenvalue weighted by molar-refractivity contribution is 5.48. The summed E-state index contributed by atoms with van der Waals surface area (Å²) < 4.78 is 0. The monoisotopic (exact) mass is 210 g/mol. The molecule has 0 nitrogen and oxygen atoms in total. The minimum atomic E-state index is 1.11. The molecule has 0 unspecified atom stereocenters. The molecule has 0 bridgehead atoms. The molecule has 0 aliphatic rings. The molecule has 0 aliphatic carbocycles. The van der Waals surface area contributed by atoms with E-state index in [0.717, 1.165) is 6.42 Å². The van der Waals surface area contributed by atoms with Crippen LogP contribution in [0.4, 0.5) is 0 Å². The third-order valence-corrected chi connectivity index (χ3v) is 2.01. The maximum atomic E-state index is 2.16. The predicted molar refractivity (Wildman–Crippen MR) is 72.2 cm³/mol. The van der Waals surface area contributed by atoms with Crippen molar-refractivity contribution in [2.24, 2.45) is 0 Å². The smallest absolute Gasteiger partial charge is 0.0260 e. The standard InChI is InChI=1S/C10H12.C6H6/c1-2-3-7-10-8-5-4-6-9-10;1-2-4-6-5-3-1/h3-9H,2H2,1H3;1-6H. The predicted octanol–water partition coefficient (Wildman–Crippen LogP) is 4.80. The van der Waals surface area contributed by atoms with Crippen molar-refractivity contribution in [1.82, 2.24) is 0 Å². The Morgan fingerprint density at radius 1 is 0.750 bits per heavy atom. The van der Waals surface area contributed by atoms with E-state index < -0.39 is 0 Å². The summed E-state index contributed by atoms with van der Waals surface area (Å²) in [7, 11) is 0. The Balaban J connectivity index is 0.000000181. The van der Waals surface area contributed by atoms with Crippen LogP contribution in [-0.2, 0) is 0 Å². The number of allylic oxidation sites excluding steroid dienone is 1. The third kappa shape index (κ3) is 5.82. The molecule has 16 heavy (non-hydrogen) atoms. The van der Waals surface area contributed by atoms with Gasteiger partial charge in [0.05, 0.1) is 0 Å². The van der Waals surface area contributed by atoms with Gasteiger partial charge >= 0.3 is 0 Å². The second-order valence-electron chi connectivity index (χ2n) is 3.38. The largest absolute Gasteiger partial charge is 0.0842 e. The van der Waals surface area contributed by atoms with Crippen LogP contribution in [0.5, 0.6) is 0 Å². The highest BCUT2D eigenvalue weighted by atomic mass is 13.8. The van der Waals surface area contributed by atoms with Gasteiger partial charge in [-0.05, 0) is 12.0 Å². The number of rotatable bonds is 2. The Labute approximate surface area is 98.3 Å². The lowest BCUT2D eigenvalue weighted by atomic mass is 10.2. The molecule has 2 rings (SSSR count). The quantitative estimate of drug-likeness (QED) is 0.668. The van der Waals surface area contributed by atoms with E-state index in [1.54, 1.807) is 0 Å². The topological polar surface area (TPSA) is 0 Å². The first-order valence-electron chi connectivity index (χ1n) is 5.65. The Hall–Kier alpha value is -1.82. The molecule has 2 aromatic rings. The van der Waals surface area contributed by atoms with Crippen LogP contribution in [0.3, 0.4) is 0 Å². The fourth-order valence-corrected chi connectivity index (χ4v) is 1.20. The van der Waals surface area contributed by atoms with Gasteiger partial charge in [0.1, 0.15) is 0 Å². The fraction of sp³-hybridized carbons (Fsp3) is 0.125. The van der Waals surface area contributed by atoms with E-state index in [-0.39, 0.29) is 0 Å². The van der Waals surface area contributed by atoms with E-state index >= 15 is 0 Å². The van der Waals surface area contributed by atoms with Crippen molar-refractivity contribution in [3.8, 4) is 0 Å². The van der Waals surface area contributed by atoms with Crippen molar-refractivity contribution in [2.75, 3.05) is 0 Å². The molecule has 0 amide bonds. The van der Waals surface area contributed by atoms with Gasteiger partial charge in [-0.2, -0.15) is 0 Å². The van der Waals surface area contributed by atoms with Gasteiger partial charge in [0.15, 0.2) is 0 Å². The fourth-order valence-electron chi connectivity index (χ4n) is 1.20. The lowest BCUT2D eigenvalue weighted by molar-refractivity contribution is 1.23. The van der Waals surface area contributed by atoms with E-state index in [2.05, 4.69) is 43.3 Å². The lowest BCUT2D eigenvalue weighted by Crippen LogP contribution is -1.66.